The SMILES string of the molecule is N#Cc1cccc(Br)c1.Oc1ccccc1. The third-order valence-corrected chi connectivity index (χ3v) is 2.20. The Hall–Kier alpha value is -1.79. The first-order valence-corrected chi connectivity index (χ1v) is 5.41. The number of rotatable bonds is 0. The summed E-state index contributed by atoms with van der Waals surface area (Å²) in [6.45, 7) is 0. The van der Waals surface area contributed by atoms with Crippen molar-refractivity contribution in [1.82, 2.24) is 0 Å². The topological polar surface area (TPSA) is 44.0 Å². The molecule has 0 fully saturated rings. The molecule has 0 bridgehead atoms. The number of phenolic OH excluding ortho intramolecular Hbond substituents is 1. The number of hydrogen-bond acceptors (Lipinski definition) is 2. The average Bonchev–Trinajstić information content (AvgIpc) is 2.31. The van der Waals surface area contributed by atoms with Crippen molar-refractivity contribution < 1.29 is 5.11 Å². The number of hydrogen-bond donors (Lipinski definition) is 1. The van der Waals surface area contributed by atoms with Gasteiger partial charge in [0.05, 0.1) is 11.6 Å². The molecule has 80 valence electrons. The molecule has 16 heavy (non-hydrogen) atoms. The minimum atomic E-state index is 0.322. The van der Waals surface area contributed by atoms with Gasteiger partial charge in [-0.15, -0.1) is 0 Å². The van der Waals surface area contributed by atoms with E-state index in [0.29, 0.717) is 11.3 Å². The summed E-state index contributed by atoms with van der Waals surface area (Å²) in [7, 11) is 0. The van der Waals surface area contributed by atoms with Gasteiger partial charge in [-0.25, -0.2) is 0 Å². The summed E-state index contributed by atoms with van der Waals surface area (Å²) in [5.41, 5.74) is 0.685. The normalized spacial score (nSPS) is 8.50. The second-order valence-electron chi connectivity index (χ2n) is 2.96. The van der Waals surface area contributed by atoms with Gasteiger partial charge >= 0.3 is 0 Å². The van der Waals surface area contributed by atoms with Crippen molar-refractivity contribution in [2.24, 2.45) is 0 Å². The van der Waals surface area contributed by atoms with E-state index in [1.54, 1.807) is 36.4 Å². The molecule has 2 aromatic carbocycles. The Balaban J connectivity index is 0.000000165. The van der Waals surface area contributed by atoms with E-state index < -0.39 is 0 Å². The second-order valence-corrected chi connectivity index (χ2v) is 3.87. The molecule has 2 nitrogen and oxygen atoms in total. The molecule has 0 aromatic heterocycles. The molecule has 0 spiro atoms. The van der Waals surface area contributed by atoms with Crippen LogP contribution in [-0.2, 0) is 0 Å². The van der Waals surface area contributed by atoms with Gasteiger partial charge in [0.2, 0.25) is 0 Å². The molecule has 0 aliphatic carbocycles. The Morgan fingerprint density at radius 3 is 2.06 bits per heavy atom. The minimum absolute atomic E-state index is 0.322. The number of nitriles is 1. The Bertz CT molecular complexity index is 477. The molecule has 2 aromatic rings. The molecule has 0 amide bonds. The van der Waals surface area contributed by atoms with E-state index >= 15 is 0 Å². The van der Waals surface area contributed by atoms with Crippen molar-refractivity contribution in [1.29, 1.82) is 5.26 Å². The van der Waals surface area contributed by atoms with Crippen LogP contribution in [0.25, 0.3) is 0 Å². The van der Waals surface area contributed by atoms with E-state index in [2.05, 4.69) is 15.9 Å². The molecule has 0 radical (unpaired) electrons. The molecule has 1 N–H and O–H groups in total. The van der Waals surface area contributed by atoms with Gasteiger partial charge in [0.15, 0.2) is 0 Å². The first-order chi connectivity index (χ1) is 7.72. The zero-order valence-electron chi connectivity index (χ0n) is 8.47. The molecular formula is C13H10BrNO. The lowest BCUT2D eigenvalue weighted by atomic mass is 10.2. The maximum atomic E-state index is 8.63. The smallest absolute Gasteiger partial charge is 0.115 e. The van der Waals surface area contributed by atoms with Crippen LogP contribution in [0.4, 0.5) is 0 Å². The predicted octanol–water partition coefficient (Wildman–Crippen LogP) is 3.71. The van der Waals surface area contributed by atoms with E-state index in [1.807, 2.05) is 24.3 Å². The van der Waals surface area contributed by atoms with Gasteiger partial charge in [-0.2, -0.15) is 5.26 Å². The van der Waals surface area contributed by atoms with E-state index in [-0.39, 0.29) is 0 Å². The first-order valence-electron chi connectivity index (χ1n) is 4.62. The number of aromatic hydroxyl groups is 1. The van der Waals surface area contributed by atoms with E-state index in [4.69, 9.17) is 10.4 Å². The summed E-state index contributed by atoms with van der Waals surface area (Å²) in [6, 6.07) is 18.0. The number of benzene rings is 2. The van der Waals surface area contributed by atoms with E-state index in [9.17, 15) is 0 Å². The van der Waals surface area contributed by atoms with Crippen LogP contribution in [0.15, 0.2) is 59.1 Å². The Labute approximate surface area is 103 Å². The third kappa shape index (κ3) is 4.63. The van der Waals surface area contributed by atoms with Gasteiger partial charge in [0.1, 0.15) is 5.75 Å². The number of nitrogens with zero attached hydrogens (tertiary/aromatic N) is 1. The van der Waals surface area contributed by atoms with Crippen molar-refractivity contribution >= 4 is 15.9 Å². The lowest BCUT2D eigenvalue weighted by Gasteiger charge is -1.86. The standard InChI is InChI=1S/C7H4BrN.C6H6O/c8-7-3-1-2-6(4-7)5-9;7-6-4-2-1-3-5-6/h1-4H;1-5,7H. The summed E-state index contributed by atoms with van der Waals surface area (Å²) < 4.78 is 0.946. The Morgan fingerprint density at radius 2 is 1.69 bits per heavy atom. The number of halogens is 1. The van der Waals surface area contributed by atoms with Crippen molar-refractivity contribution in [3.63, 3.8) is 0 Å². The molecule has 0 saturated carbocycles. The van der Waals surface area contributed by atoms with Crippen LogP contribution in [0.2, 0.25) is 0 Å². The summed E-state index contributed by atoms with van der Waals surface area (Å²) in [5, 5.41) is 17.0. The molecule has 0 atom stereocenters. The molecular weight excluding hydrogens is 266 g/mol. The molecule has 0 heterocycles. The fraction of sp³-hybridized carbons (Fsp3) is 0. The zero-order chi connectivity index (χ0) is 11.8. The van der Waals surface area contributed by atoms with Crippen LogP contribution in [-0.4, -0.2) is 5.11 Å². The maximum absolute atomic E-state index is 8.63. The van der Waals surface area contributed by atoms with Gasteiger partial charge in [-0.1, -0.05) is 40.2 Å². The average molecular weight is 276 g/mol. The summed E-state index contributed by atoms with van der Waals surface area (Å²) >= 11 is 3.25. The minimum Gasteiger partial charge on any atom is -0.508 e. The van der Waals surface area contributed by atoms with E-state index in [0.717, 1.165) is 4.47 Å². The van der Waals surface area contributed by atoms with Crippen LogP contribution in [0.3, 0.4) is 0 Å². The maximum Gasteiger partial charge on any atom is 0.115 e. The second kappa shape index (κ2) is 6.65. The largest absolute Gasteiger partial charge is 0.508 e. The fourth-order valence-corrected chi connectivity index (χ4v) is 1.39. The van der Waals surface area contributed by atoms with Crippen molar-refractivity contribution in [3.05, 3.63) is 64.6 Å². The monoisotopic (exact) mass is 275 g/mol. The number of para-hydroxylation sites is 1. The third-order valence-electron chi connectivity index (χ3n) is 1.71. The Morgan fingerprint density at radius 1 is 1.00 bits per heavy atom. The molecule has 2 rings (SSSR count). The highest BCUT2D eigenvalue weighted by atomic mass is 79.9. The van der Waals surface area contributed by atoms with Gasteiger partial charge in [-0.05, 0) is 30.3 Å². The van der Waals surface area contributed by atoms with E-state index in [1.165, 1.54) is 0 Å². The van der Waals surface area contributed by atoms with Gasteiger partial charge < -0.3 is 5.11 Å². The molecule has 0 unspecified atom stereocenters. The molecule has 3 heteroatoms. The number of phenols is 1. The highest BCUT2D eigenvalue weighted by molar-refractivity contribution is 9.10. The van der Waals surface area contributed by atoms with Crippen LogP contribution in [0, 0.1) is 11.3 Å². The van der Waals surface area contributed by atoms with Crippen LogP contribution < -0.4 is 0 Å². The molecule has 0 saturated heterocycles. The quantitative estimate of drug-likeness (QED) is 0.797. The zero-order valence-corrected chi connectivity index (χ0v) is 10.1. The summed E-state index contributed by atoms with van der Waals surface area (Å²) in [4.78, 5) is 0. The van der Waals surface area contributed by atoms with Crippen molar-refractivity contribution in [2.75, 3.05) is 0 Å². The summed E-state index contributed by atoms with van der Waals surface area (Å²) in [5.74, 6) is 0.322. The lowest BCUT2D eigenvalue weighted by molar-refractivity contribution is 0.475. The van der Waals surface area contributed by atoms with Gasteiger partial charge in [0, 0.05) is 4.47 Å². The van der Waals surface area contributed by atoms with Crippen LogP contribution in [0.1, 0.15) is 5.56 Å². The van der Waals surface area contributed by atoms with Gasteiger partial charge in [-0.3, -0.25) is 0 Å². The molecule has 0 aliphatic heterocycles. The summed E-state index contributed by atoms with van der Waals surface area (Å²) in [6.07, 6.45) is 0. The van der Waals surface area contributed by atoms with Crippen LogP contribution in [0.5, 0.6) is 5.75 Å². The Kier molecular flexibility index (Phi) is 5.10. The fourth-order valence-electron chi connectivity index (χ4n) is 0.986. The predicted molar refractivity (Wildman–Crippen MR) is 67.0 cm³/mol. The highest BCUT2D eigenvalue weighted by Gasteiger charge is 1.87. The van der Waals surface area contributed by atoms with Crippen molar-refractivity contribution in [2.45, 2.75) is 0 Å². The highest BCUT2D eigenvalue weighted by Crippen LogP contribution is 2.09. The first kappa shape index (κ1) is 12.3. The van der Waals surface area contributed by atoms with Crippen molar-refractivity contribution in [3.8, 4) is 11.8 Å². The molecule has 0 aliphatic rings. The lowest BCUT2D eigenvalue weighted by Crippen LogP contribution is -1.70. The van der Waals surface area contributed by atoms with Gasteiger partial charge in [0.25, 0.3) is 0 Å². The van der Waals surface area contributed by atoms with Crippen LogP contribution >= 0.6 is 15.9 Å².